The summed E-state index contributed by atoms with van der Waals surface area (Å²) in [5, 5.41) is 1.88. The number of carbonyl (C=O) groups excluding carboxylic acids is 1. The van der Waals surface area contributed by atoms with Gasteiger partial charge in [-0.15, -0.1) is 0 Å². The summed E-state index contributed by atoms with van der Waals surface area (Å²) in [5.41, 5.74) is 2.66. The Morgan fingerprint density at radius 3 is 2.07 bits per heavy atom. The van der Waals surface area contributed by atoms with Gasteiger partial charge in [-0.3, -0.25) is 4.79 Å². The quantitative estimate of drug-likeness (QED) is 0.619. The Hall–Kier alpha value is -0.350. The lowest BCUT2D eigenvalue weighted by Crippen LogP contribution is -1.80. The van der Waals surface area contributed by atoms with Crippen molar-refractivity contribution in [1.82, 2.24) is 0 Å². The molecule has 0 bridgehead atoms. The number of alkyl halides is 2. The Kier molecular flexibility index (Phi) is 9.94. The number of halogens is 2. The van der Waals surface area contributed by atoms with E-state index < -0.39 is 0 Å². The van der Waals surface area contributed by atoms with Gasteiger partial charge in [-0.1, -0.05) is 56.1 Å². The number of carbonyl (C=O) groups is 1. The number of rotatable bonds is 4. The van der Waals surface area contributed by atoms with Crippen LogP contribution in [0.25, 0.3) is 0 Å². The Bertz CT molecular complexity index is 258. The first-order valence-electron chi connectivity index (χ1n) is 4.53. The van der Waals surface area contributed by atoms with E-state index in [0.717, 1.165) is 10.7 Å². The molecule has 0 aliphatic rings. The molecule has 0 unspecified atom stereocenters. The average molecular weight is 338 g/mol. The molecule has 2 nitrogen and oxygen atoms in total. The second kappa shape index (κ2) is 10.2. The van der Waals surface area contributed by atoms with Gasteiger partial charge >= 0.3 is 0 Å². The summed E-state index contributed by atoms with van der Waals surface area (Å²) < 4.78 is 4.15. The van der Waals surface area contributed by atoms with Crippen LogP contribution in [-0.2, 0) is 20.2 Å². The summed E-state index contributed by atoms with van der Waals surface area (Å²) in [7, 11) is 0. The third kappa shape index (κ3) is 7.56. The lowest BCUT2D eigenvalue weighted by atomic mass is 10.2. The van der Waals surface area contributed by atoms with Crippen LogP contribution in [0.4, 0.5) is 0 Å². The molecule has 0 amide bonds. The standard InChI is InChI=1S/C8H8Br2.C3H6O2/c9-5-7-2-1-3-8(4-7)6-10;1-2-5-3-4/h1-4H,5-6H2;3H,2H2,1H3. The first-order chi connectivity index (χ1) is 7.28. The molecule has 0 N–H and O–H groups in total. The second-order valence-corrected chi connectivity index (χ2v) is 3.76. The van der Waals surface area contributed by atoms with Crippen LogP contribution in [0, 0.1) is 0 Å². The van der Waals surface area contributed by atoms with Crippen molar-refractivity contribution in [1.29, 1.82) is 0 Å². The Labute approximate surface area is 107 Å². The van der Waals surface area contributed by atoms with Crippen molar-refractivity contribution in [2.24, 2.45) is 0 Å². The number of benzene rings is 1. The molecule has 1 rings (SSSR count). The highest BCUT2D eigenvalue weighted by Gasteiger charge is 1.91. The van der Waals surface area contributed by atoms with Crippen LogP contribution in [-0.4, -0.2) is 13.1 Å². The summed E-state index contributed by atoms with van der Waals surface area (Å²) in [6, 6.07) is 8.48. The predicted octanol–water partition coefficient (Wildman–Crippen LogP) is 3.66. The highest BCUT2D eigenvalue weighted by molar-refractivity contribution is 9.08. The zero-order chi connectivity index (χ0) is 11.5. The molecule has 4 heteroatoms. The third-order valence-corrected chi connectivity index (χ3v) is 2.83. The zero-order valence-electron chi connectivity index (χ0n) is 8.58. The van der Waals surface area contributed by atoms with Crippen LogP contribution >= 0.6 is 31.9 Å². The van der Waals surface area contributed by atoms with Crippen LogP contribution in [0.15, 0.2) is 24.3 Å². The topological polar surface area (TPSA) is 26.3 Å². The fraction of sp³-hybridized carbons (Fsp3) is 0.364. The number of hydrogen-bond donors (Lipinski definition) is 0. The normalized spacial score (nSPS) is 8.73. The zero-order valence-corrected chi connectivity index (χ0v) is 11.8. The van der Waals surface area contributed by atoms with E-state index in [1.807, 2.05) is 0 Å². The van der Waals surface area contributed by atoms with E-state index >= 15 is 0 Å². The molecule has 0 atom stereocenters. The molecule has 0 fully saturated rings. The average Bonchev–Trinajstić information content (AvgIpc) is 2.31. The lowest BCUT2D eigenvalue weighted by molar-refractivity contribution is -0.128. The van der Waals surface area contributed by atoms with Crippen molar-refractivity contribution in [3.8, 4) is 0 Å². The van der Waals surface area contributed by atoms with E-state index in [2.05, 4.69) is 60.9 Å². The third-order valence-electron chi connectivity index (χ3n) is 1.53. The minimum absolute atomic E-state index is 0.431. The molecule has 84 valence electrons. The van der Waals surface area contributed by atoms with Gasteiger partial charge < -0.3 is 4.74 Å². The molecule has 1 aromatic rings. The lowest BCUT2D eigenvalue weighted by Gasteiger charge is -1.97. The van der Waals surface area contributed by atoms with Gasteiger partial charge in [0.1, 0.15) is 0 Å². The summed E-state index contributed by atoms with van der Waals surface area (Å²) in [4.78, 5) is 9.18. The monoisotopic (exact) mass is 336 g/mol. The molecule has 0 saturated carbocycles. The van der Waals surface area contributed by atoms with Crippen LogP contribution in [0.3, 0.4) is 0 Å². The minimum atomic E-state index is 0.431. The largest absolute Gasteiger partial charge is 0.468 e. The molecule has 0 heterocycles. The van der Waals surface area contributed by atoms with Gasteiger partial charge in [0, 0.05) is 10.7 Å². The van der Waals surface area contributed by atoms with Gasteiger partial charge in [0.2, 0.25) is 0 Å². The molecular formula is C11H14Br2O2. The SMILES string of the molecule is BrCc1cccc(CBr)c1.CCOC=O. The molecule has 1 aromatic carbocycles. The molecule has 0 aliphatic carbocycles. The fourth-order valence-corrected chi connectivity index (χ4v) is 1.56. The van der Waals surface area contributed by atoms with E-state index in [9.17, 15) is 4.79 Å². The van der Waals surface area contributed by atoms with Gasteiger partial charge in [-0.2, -0.15) is 0 Å². The van der Waals surface area contributed by atoms with Crippen molar-refractivity contribution in [3.63, 3.8) is 0 Å². The second-order valence-electron chi connectivity index (χ2n) is 2.64. The highest BCUT2D eigenvalue weighted by atomic mass is 79.9. The van der Waals surface area contributed by atoms with Crippen molar-refractivity contribution in [3.05, 3.63) is 35.4 Å². The van der Waals surface area contributed by atoms with E-state index in [4.69, 9.17) is 0 Å². The van der Waals surface area contributed by atoms with Crippen molar-refractivity contribution < 1.29 is 9.53 Å². The molecule has 0 saturated heterocycles. The summed E-state index contributed by atoms with van der Waals surface area (Å²) in [6.07, 6.45) is 0. The molecule has 15 heavy (non-hydrogen) atoms. The molecule has 0 radical (unpaired) electrons. The summed E-state index contributed by atoms with van der Waals surface area (Å²) in [6.45, 7) is 2.66. The number of ether oxygens (including phenoxy) is 1. The van der Waals surface area contributed by atoms with Crippen molar-refractivity contribution in [2.45, 2.75) is 17.6 Å². The van der Waals surface area contributed by atoms with E-state index in [0.29, 0.717) is 13.1 Å². The summed E-state index contributed by atoms with van der Waals surface area (Å²) in [5.74, 6) is 0. The van der Waals surface area contributed by atoms with Gasteiger partial charge in [-0.05, 0) is 18.1 Å². The number of hydrogen-bond acceptors (Lipinski definition) is 2. The van der Waals surface area contributed by atoms with Crippen LogP contribution < -0.4 is 0 Å². The van der Waals surface area contributed by atoms with Crippen LogP contribution in [0.1, 0.15) is 18.1 Å². The smallest absolute Gasteiger partial charge is 0.293 e. The Balaban J connectivity index is 0.000000336. The molecule has 0 aliphatic heterocycles. The first kappa shape index (κ1) is 14.6. The minimum Gasteiger partial charge on any atom is -0.468 e. The summed E-state index contributed by atoms with van der Waals surface area (Å²) >= 11 is 6.81. The molecule has 0 spiro atoms. The maximum Gasteiger partial charge on any atom is 0.293 e. The molecule has 0 aromatic heterocycles. The Morgan fingerprint density at radius 1 is 1.27 bits per heavy atom. The predicted molar refractivity (Wildman–Crippen MR) is 69.4 cm³/mol. The van der Waals surface area contributed by atoms with Crippen molar-refractivity contribution in [2.75, 3.05) is 6.61 Å². The van der Waals surface area contributed by atoms with Crippen LogP contribution in [0.5, 0.6) is 0 Å². The maximum absolute atomic E-state index is 9.18. The highest BCUT2D eigenvalue weighted by Crippen LogP contribution is 2.10. The van der Waals surface area contributed by atoms with E-state index in [-0.39, 0.29) is 0 Å². The molecular weight excluding hydrogens is 324 g/mol. The van der Waals surface area contributed by atoms with E-state index in [1.54, 1.807) is 6.92 Å². The maximum atomic E-state index is 9.18. The Morgan fingerprint density at radius 2 is 1.80 bits per heavy atom. The van der Waals surface area contributed by atoms with Gasteiger partial charge in [0.05, 0.1) is 6.61 Å². The van der Waals surface area contributed by atoms with Crippen LogP contribution in [0.2, 0.25) is 0 Å². The van der Waals surface area contributed by atoms with Gasteiger partial charge in [-0.25, -0.2) is 0 Å². The first-order valence-corrected chi connectivity index (χ1v) is 6.77. The van der Waals surface area contributed by atoms with Gasteiger partial charge in [0.15, 0.2) is 0 Å². The fourth-order valence-electron chi connectivity index (χ4n) is 0.864. The van der Waals surface area contributed by atoms with Crippen molar-refractivity contribution >= 4 is 38.3 Å². The van der Waals surface area contributed by atoms with Gasteiger partial charge in [0.25, 0.3) is 6.47 Å². The van der Waals surface area contributed by atoms with E-state index in [1.165, 1.54) is 11.1 Å².